The Morgan fingerprint density at radius 1 is 0.966 bits per heavy atom. The molecule has 0 amide bonds. The first-order chi connectivity index (χ1) is 14.2. The summed E-state index contributed by atoms with van der Waals surface area (Å²) in [7, 11) is 3.31. The first-order valence-electron chi connectivity index (χ1n) is 9.56. The molecule has 1 N–H and O–H groups in total. The van der Waals surface area contributed by atoms with Crippen LogP contribution in [0.4, 0.5) is 11.4 Å². The number of methoxy groups -OCH3 is 2. The summed E-state index contributed by atoms with van der Waals surface area (Å²) < 4.78 is 10.8. The molecule has 6 nitrogen and oxygen atoms in total. The van der Waals surface area contributed by atoms with Gasteiger partial charge in [-0.25, -0.2) is 4.98 Å². The van der Waals surface area contributed by atoms with Crippen molar-refractivity contribution in [2.24, 2.45) is 0 Å². The maximum Gasteiger partial charge on any atom is 0.238 e. The number of piperazine rings is 1. The Bertz CT molecular complexity index is 1020. The Kier molecular flexibility index (Phi) is 5.67. The number of aromatic nitrogens is 1. The van der Waals surface area contributed by atoms with Crippen molar-refractivity contribution in [2.45, 2.75) is 0 Å². The average molecular weight is 409 g/mol. The number of anilines is 2. The fourth-order valence-electron chi connectivity index (χ4n) is 3.51. The van der Waals surface area contributed by atoms with E-state index in [2.05, 4.69) is 32.2 Å². The van der Waals surface area contributed by atoms with Gasteiger partial charge in [-0.15, -0.1) is 0 Å². The Labute approximate surface area is 176 Å². The molecular formula is C22H24N4O2S. The van der Waals surface area contributed by atoms with Crippen LogP contribution in [0, 0.1) is 0 Å². The number of thiocarbonyl (C=S) groups is 1. The largest absolute Gasteiger partial charge is 0.497 e. The third-order valence-corrected chi connectivity index (χ3v) is 5.47. The van der Waals surface area contributed by atoms with E-state index in [-0.39, 0.29) is 0 Å². The number of nitrogens with zero attached hydrogens (tertiary/aromatic N) is 3. The summed E-state index contributed by atoms with van der Waals surface area (Å²) in [6.07, 6.45) is 0. The fraction of sp³-hybridized carbons (Fsp3) is 0.273. The van der Waals surface area contributed by atoms with Gasteiger partial charge in [-0.1, -0.05) is 24.3 Å². The number of nitrogens with one attached hydrogen (secondary N) is 1. The van der Waals surface area contributed by atoms with E-state index in [0.29, 0.717) is 11.0 Å². The third-order valence-electron chi connectivity index (χ3n) is 5.11. The Morgan fingerprint density at radius 3 is 2.52 bits per heavy atom. The number of pyridine rings is 1. The monoisotopic (exact) mass is 408 g/mol. The van der Waals surface area contributed by atoms with Crippen molar-refractivity contribution in [1.82, 2.24) is 9.88 Å². The molecule has 0 bridgehead atoms. The molecular weight excluding hydrogens is 384 g/mol. The van der Waals surface area contributed by atoms with Crippen molar-refractivity contribution in [3.8, 4) is 11.6 Å². The second-order valence-electron chi connectivity index (χ2n) is 6.84. The van der Waals surface area contributed by atoms with Gasteiger partial charge >= 0.3 is 0 Å². The lowest BCUT2D eigenvalue weighted by Gasteiger charge is -2.37. The maximum absolute atomic E-state index is 5.67. The molecule has 29 heavy (non-hydrogen) atoms. The van der Waals surface area contributed by atoms with Gasteiger partial charge in [0, 0.05) is 43.3 Å². The van der Waals surface area contributed by atoms with Crippen LogP contribution in [-0.4, -0.2) is 55.4 Å². The molecule has 1 aliphatic rings. The summed E-state index contributed by atoms with van der Waals surface area (Å²) in [6.45, 7) is 3.46. The normalized spacial score (nSPS) is 14.0. The SMILES string of the molecule is COc1cccc(N2CCN(C(=S)Nc3cc4ccccc4nc3OC)CC2)c1. The fourth-order valence-corrected chi connectivity index (χ4v) is 3.81. The maximum atomic E-state index is 5.67. The van der Waals surface area contributed by atoms with E-state index in [9.17, 15) is 0 Å². The van der Waals surface area contributed by atoms with Crippen LogP contribution in [0.3, 0.4) is 0 Å². The summed E-state index contributed by atoms with van der Waals surface area (Å²) in [5.74, 6) is 1.42. The van der Waals surface area contributed by atoms with Crippen LogP contribution in [0.1, 0.15) is 0 Å². The highest BCUT2D eigenvalue weighted by Gasteiger charge is 2.20. The average Bonchev–Trinajstić information content (AvgIpc) is 2.78. The number of benzene rings is 2. The number of ether oxygens (including phenoxy) is 2. The van der Waals surface area contributed by atoms with Crippen molar-refractivity contribution in [2.75, 3.05) is 50.6 Å². The highest BCUT2D eigenvalue weighted by molar-refractivity contribution is 7.80. The van der Waals surface area contributed by atoms with E-state index >= 15 is 0 Å². The van der Waals surface area contributed by atoms with Crippen LogP contribution in [0.2, 0.25) is 0 Å². The number of para-hydroxylation sites is 1. The van der Waals surface area contributed by atoms with E-state index in [0.717, 1.165) is 48.5 Å². The lowest BCUT2D eigenvalue weighted by molar-refractivity contribution is 0.388. The predicted molar refractivity (Wildman–Crippen MR) is 121 cm³/mol. The van der Waals surface area contributed by atoms with Crippen LogP contribution >= 0.6 is 12.2 Å². The molecule has 0 aliphatic carbocycles. The van der Waals surface area contributed by atoms with Gasteiger partial charge < -0.3 is 24.6 Å². The number of rotatable bonds is 4. The minimum atomic E-state index is 0.543. The molecule has 1 aromatic heterocycles. The number of hydrogen-bond acceptors (Lipinski definition) is 5. The molecule has 150 valence electrons. The summed E-state index contributed by atoms with van der Waals surface area (Å²) in [5, 5.41) is 5.06. The van der Waals surface area contributed by atoms with Crippen LogP contribution in [0.15, 0.2) is 54.6 Å². The minimum absolute atomic E-state index is 0.543. The van der Waals surface area contributed by atoms with Gasteiger partial charge in [-0.05, 0) is 36.5 Å². The highest BCUT2D eigenvalue weighted by atomic mass is 32.1. The summed E-state index contributed by atoms with van der Waals surface area (Å²) in [6, 6.07) is 18.2. The Hall–Kier alpha value is -3.06. The predicted octanol–water partition coefficient (Wildman–Crippen LogP) is 3.77. The van der Waals surface area contributed by atoms with Crippen molar-refractivity contribution < 1.29 is 9.47 Å². The van der Waals surface area contributed by atoms with Crippen molar-refractivity contribution in [3.05, 3.63) is 54.6 Å². The van der Waals surface area contributed by atoms with Crippen molar-refractivity contribution in [1.29, 1.82) is 0 Å². The van der Waals surface area contributed by atoms with Gasteiger partial charge in [0.05, 0.1) is 19.7 Å². The van der Waals surface area contributed by atoms with Gasteiger partial charge in [-0.3, -0.25) is 0 Å². The smallest absolute Gasteiger partial charge is 0.238 e. The van der Waals surface area contributed by atoms with Crippen molar-refractivity contribution in [3.63, 3.8) is 0 Å². The molecule has 4 rings (SSSR count). The van der Waals surface area contributed by atoms with Gasteiger partial charge in [0.1, 0.15) is 11.4 Å². The summed E-state index contributed by atoms with van der Waals surface area (Å²) in [4.78, 5) is 9.11. The number of fused-ring (bicyclic) bond motifs is 1. The molecule has 1 aliphatic heterocycles. The highest BCUT2D eigenvalue weighted by Crippen LogP contribution is 2.27. The van der Waals surface area contributed by atoms with Gasteiger partial charge in [-0.2, -0.15) is 0 Å². The first-order valence-corrected chi connectivity index (χ1v) is 9.97. The number of hydrogen-bond donors (Lipinski definition) is 1. The molecule has 0 radical (unpaired) electrons. The Balaban J connectivity index is 1.43. The molecule has 0 unspecified atom stereocenters. The van der Waals surface area contributed by atoms with E-state index in [1.807, 2.05) is 42.5 Å². The van der Waals surface area contributed by atoms with Gasteiger partial charge in [0.15, 0.2) is 5.11 Å². The van der Waals surface area contributed by atoms with Gasteiger partial charge in [0.2, 0.25) is 5.88 Å². The zero-order chi connectivity index (χ0) is 20.2. The molecule has 1 saturated heterocycles. The van der Waals surface area contributed by atoms with Crippen LogP contribution in [0.5, 0.6) is 11.6 Å². The minimum Gasteiger partial charge on any atom is -0.497 e. The molecule has 2 heterocycles. The molecule has 0 spiro atoms. The lowest BCUT2D eigenvalue weighted by atomic mass is 10.2. The topological polar surface area (TPSA) is 49.9 Å². The zero-order valence-corrected chi connectivity index (χ0v) is 17.4. The van der Waals surface area contributed by atoms with Crippen LogP contribution < -0.4 is 19.7 Å². The molecule has 2 aromatic carbocycles. The van der Waals surface area contributed by atoms with E-state index < -0.39 is 0 Å². The molecule has 0 atom stereocenters. The van der Waals surface area contributed by atoms with Crippen molar-refractivity contribution >= 4 is 39.6 Å². The second kappa shape index (κ2) is 8.53. The quantitative estimate of drug-likeness (QED) is 0.660. The van der Waals surface area contributed by atoms with E-state index in [1.54, 1.807) is 14.2 Å². The zero-order valence-electron chi connectivity index (χ0n) is 16.6. The molecule has 3 aromatic rings. The second-order valence-corrected chi connectivity index (χ2v) is 7.23. The molecule has 1 fully saturated rings. The summed E-state index contributed by atoms with van der Waals surface area (Å²) in [5.41, 5.74) is 2.85. The lowest BCUT2D eigenvalue weighted by Crippen LogP contribution is -2.50. The standard InChI is InChI=1S/C22H24N4O2S/c1-27-18-8-5-7-17(15-18)25-10-12-26(13-11-25)22(29)24-20-14-16-6-3-4-9-19(16)23-21(20)28-2/h3-9,14-15H,10-13H2,1-2H3,(H,24,29). The Morgan fingerprint density at radius 2 is 1.76 bits per heavy atom. The summed E-state index contributed by atoms with van der Waals surface area (Å²) >= 11 is 5.67. The van der Waals surface area contributed by atoms with Crippen LogP contribution in [0.25, 0.3) is 10.9 Å². The molecule has 0 saturated carbocycles. The van der Waals surface area contributed by atoms with Crippen LogP contribution in [-0.2, 0) is 0 Å². The van der Waals surface area contributed by atoms with E-state index in [1.165, 1.54) is 5.69 Å². The molecule has 7 heteroatoms. The van der Waals surface area contributed by atoms with Gasteiger partial charge in [0.25, 0.3) is 0 Å². The van der Waals surface area contributed by atoms with E-state index in [4.69, 9.17) is 21.7 Å². The third kappa shape index (κ3) is 4.19. The first kappa shape index (κ1) is 19.3.